The normalized spacial score (nSPS) is 22.1. The highest BCUT2D eigenvalue weighted by molar-refractivity contribution is 5.48. The number of hydroxylamine groups is 1. The summed E-state index contributed by atoms with van der Waals surface area (Å²) in [5, 5.41) is 0. The van der Waals surface area contributed by atoms with Crippen molar-refractivity contribution in [3.63, 3.8) is 0 Å². The number of rotatable bonds is 5. The Labute approximate surface area is 109 Å². The maximum absolute atomic E-state index is 6.16. The molecule has 0 bridgehead atoms. The van der Waals surface area contributed by atoms with Gasteiger partial charge < -0.3 is 9.57 Å². The summed E-state index contributed by atoms with van der Waals surface area (Å²) >= 11 is 0. The summed E-state index contributed by atoms with van der Waals surface area (Å²) < 4.78 is 6.16. The molecule has 18 heavy (non-hydrogen) atoms. The maximum Gasteiger partial charge on any atom is 0.128 e. The number of nitrogens with one attached hydrogen (secondary N) is 1. The van der Waals surface area contributed by atoms with Gasteiger partial charge in [0.25, 0.3) is 0 Å². The summed E-state index contributed by atoms with van der Waals surface area (Å²) in [5.41, 5.74) is 5.59. The molecule has 0 aromatic heterocycles. The Morgan fingerprint density at radius 1 is 1.39 bits per heavy atom. The van der Waals surface area contributed by atoms with E-state index in [1.807, 2.05) is 0 Å². The van der Waals surface area contributed by atoms with Gasteiger partial charge in [0.1, 0.15) is 11.9 Å². The molecule has 0 amide bonds. The lowest BCUT2D eigenvalue weighted by atomic mass is 9.96. The van der Waals surface area contributed by atoms with Gasteiger partial charge in [-0.25, -0.2) is 0 Å². The van der Waals surface area contributed by atoms with E-state index in [4.69, 9.17) is 9.57 Å². The van der Waals surface area contributed by atoms with Crippen LogP contribution in [0.4, 0.5) is 0 Å². The average Bonchev–Trinajstić information content (AvgIpc) is 2.68. The highest BCUT2D eigenvalue weighted by Crippen LogP contribution is 2.42. The number of hydrogen-bond donors (Lipinski definition) is 1. The Balaban J connectivity index is 2.35. The Morgan fingerprint density at radius 3 is 2.78 bits per heavy atom. The molecule has 100 valence electrons. The van der Waals surface area contributed by atoms with Gasteiger partial charge >= 0.3 is 0 Å². The molecule has 2 rings (SSSR count). The number of benzene rings is 1. The van der Waals surface area contributed by atoms with Gasteiger partial charge in [-0.2, -0.15) is 5.48 Å². The van der Waals surface area contributed by atoms with E-state index < -0.39 is 0 Å². The summed E-state index contributed by atoms with van der Waals surface area (Å²) in [5.74, 6) is 1.53. The fourth-order valence-corrected chi connectivity index (χ4v) is 2.61. The molecule has 0 aliphatic carbocycles. The van der Waals surface area contributed by atoms with Crippen molar-refractivity contribution in [3.05, 3.63) is 29.3 Å². The van der Waals surface area contributed by atoms with Crippen LogP contribution in [0.2, 0.25) is 0 Å². The predicted molar refractivity (Wildman–Crippen MR) is 72.7 cm³/mol. The van der Waals surface area contributed by atoms with E-state index in [1.54, 1.807) is 7.11 Å². The molecule has 0 saturated heterocycles. The van der Waals surface area contributed by atoms with Crippen molar-refractivity contribution in [2.75, 3.05) is 7.11 Å². The molecule has 0 spiro atoms. The minimum Gasteiger partial charge on any atom is -0.488 e. The lowest BCUT2D eigenvalue weighted by molar-refractivity contribution is 0.0268. The second kappa shape index (κ2) is 5.72. The highest BCUT2D eigenvalue weighted by Gasteiger charge is 2.35. The van der Waals surface area contributed by atoms with Gasteiger partial charge in [0.15, 0.2) is 0 Å². The van der Waals surface area contributed by atoms with Crippen LogP contribution in [-0.4, -0.2) is 13.2 Å². The largest absolute Gasteiger partial charge is 0.488 e. The minimum absolute atomic E-state index is 0.142. The third-order valence-corrected chi connectivity index (χ3v) is 3.49. The van der Waals surface area contributed by atoms with E-state index in [-0.39, 0.29) is 12.1 Å². The van der Waals surface area contributed by atoms with E-state index in [0.717, 1.165) is 18.6 Å². The second-order valence-corrected chi connectivity index (χ2v) is 5.16. The topological polar surface area (TPSA) is 30.5 Å². The lowest BCUT2D eigenvalue weighted by Gasteiger charge is -2.18. The van der Waals surface area contributed by atoms with Crippen LogP contribution in [0.25, 0.3) is 0 Å². The van der Waals surface area contributed by atoms with Gasteiger partial charge in [-0.05, 0) is 17.9 Å². The fourth-order valence-electron chi connectivity index (χ4n) is 2.61. The third-order valence-electron chi connectivity index (χ3n) is 3.49. The Kier molecular flexibility index (Phi) is 4.25. The van der Waals surface area contributed by atoms with Gasteiger partial charge in [-0.1, -0.05) is 45.4 Å². The molecular weight excluding hydrogens is 226 g/mol. The SMILES string of the molecule is CCCC1Oc2c(C(C)C)cccc2C1NOC. The van der Waals surface area contributed by atoms with Crippen LogP contribution in [-0.2, 0) is 4.84 Å². The van der Waals surface area contributed by atoms with E-state index in [9.17, 15) is 0 Å². The zero-order chi connectivity index (χ0) is 13.1. The third kappa shape index (κ3) is 2.38. The Bertz CT molecular complexity index is 403. The maximum atomic E-state index is 6.16. The zero-order valence-electron chi connectivity index (χ0n) is 11.7. The van der Waals surface area contributed by atoms with Gasteiger partial charge in [0.2, 0.25) is 0 Å². The first-order valence-corrected chi connectivity index (χ1v) is 6.77. The summed E-state index contributed by atoms with van der Waals surface area (Å²) in [7, 11) is 1.66. The molecular formula is C15H23NO2. The number of hydrogen-bond acceptors (Lipinski definition) is 3. The molecule has 0 radical (unpaired) electrons. The monoisotopic (exact) mass is 249 g/mol. The number of para-hydroxylation sites is 1. The first-order chi connectivity index (χ1) is 8.69. The van der Waals surface area contributed by atoms with Crippen LogP contribution in [0, 0.1) is 0 Å². The van der Waals surface area contributed by atoms with E-state index in [0.29, 0.717) is 5.92 Å². The van der Waals surface area contributed by atoms with E-state index in [2.05, 4.69) is 44.5 Å². The molecule has 0 saturated carbocycles. The first-order valence-electron chi connectivity index (χ1n) is 6.77. The summed E-state index contributed by atoms with van der Waals surface area (Å²) in [6.07, 6.45) is 2.31. The Morgan fingerprint density at radius 2 is 2.17 bits per heavy atom. The molecule has 1 heterocycles. The van der Waals surface area contributed by atoms with Crippen molar-refractivity contribution in [2.24, 2.45) is 0 Å². The molecule has 2 atom stereocenters. The predicted octanol–water partition coefficient (Wildman–Crippen LogP) is 3.56. The first kappa shape index (κ1) is 13.4. The van der Waals surface area contributed by atoms with Crippen molar-refractivity contribution < 1.29 is 9.57 Å². The van der Waals surface area contributed by atoms with Crippen molar-refractivity contribution in [3.8, 4) is 5.75 Å². The average molecular weight is 249 g/mol. The van der Waals surface area contributed by atoms with Crippen molar-refractivity contribution in [2.45, 2.75) is 51.7 Å². The van der Waals surface area contributed by atoms with Gasteiger partial charge in [0, 0.05) is 5.56 Å². The van der Waals surface area contributed by atoms with E-state index >= 15 is 0 Å². The second-order valence-electron chi connectivity index (χ2n) is 5.16. The summed E-state index contributed by atoms with van der Waals surface area (Å²) in [4.78, 5) is 5.13. The van der Waals surface area contributed by atoms with Crippen LogP contribution in [0.5, 0.6) is 5.75 Å². The molecule has 2 unspecified atom stereocenters. The minimum atomic E-state index is 0.142. The molecule has 1 aromatic carbocycles. The molecule has 1 aliphatic heterocycles. The van der Waals surface area contributed by atoms with Gasteiger partial charge in [-0.3, -0.25) is 0 Å². The van der Waals surface area contributed by atoms with Crippen molar-refractivity contribution in [1.29, 1.82) is 0 Å². The Hall–Kier alpha value is -1.06. The van der Waals surface area contributed by atoms with Crippen LogP contribution in [0.3, 0.4) is 0 Å². The van der Waals surface area contributed by atoms with Crippen LogP contribution >= 0.6 is 0 Å². The standard InChI is InChI=1S/C15H23NO2/c1-5-7-13-14(16-17-4)12-9-6-8-11(10(2)3)15(12)18-13/h6,8-10,13-14,16H,5,7H2,1-4H3. The molecule has 1 N–H and O–H groups in total. The molecule has 1 aromatic rings. The smallest absolute Gasteiger partial charge is 0.128 e. The number of fused-ring (bicyclic) bond motifs is 1. The van der Waals surface area contributed by atoms with Crippen LogP contribution < -0.4 is 10.2 Å². The highest BCUT2D eigenvalue weighted by atomic mass is 16.6. The molecule has 1 aliphatic rings. The molecule has 0 fully saturated rings. The van der Waals surface area contributed by atoms with Crippen molar-refractivity contribution in [1.82, 2.24) is 5.48 Å². The van der Waals surface area contributed by atoms with Gasteiger partial charge in [0.05, 0.1) is 13.2 Å². The van der Waals surface area contributed by atoms with Crippen LogP contribution in [0.15, 0.2) is 18.2 Å². The quantitative estimate of drug-likeness (QED) is 0.809. The molecule has 3 nitrogen and oxygen atoms in total. The lowest BCUT2D eigenvalue weighted by Crippen LogP contribution is -2.30. The summed E-state index contributed by atoms with van der Waals surface area (Å²) in [6.45, 7) is 6.58. The van der Waals surface area contributed by atoms with Crippen LogP contribution in [0.1, 0.15) is 56.7 Å². The fraction of sp³-hybridized carbons (Fsp3) is 0.600. The summed E-state index contributed by atoms with van der Waals surface area (Å²) in [6, 6.07) is 6.54. The van der Waals surface area contributed by atoms with E-state index in [1.165, 1.54) is 11.1 Å². The van der Waals surface area contributed by atoms with Gasteiger partial charge in [-0.15, -0.1) is 0 Å². The number of ether oxygens (including phenoxy) is 1. The van der Waals surface area contributed by atoms with Crippen molar-refractivity contribution >= 4 is 0 Å². The molecule has 3 heteroatoms. The zero-order valence-corrected chi connectivity index (χ0v) is 11.7.